The average Bonchev–Trinajstić information content (AvgIpc) is 2.69. The summed E-state index contributed by atoms with van der Waals surface area (Å²) in [6, 6.07) is 4.87. The van der Waals surface area contributed by atoms with Crippen molar-refractivity contribution in [3.63, 3.8) is 0 Å². The lowest BCUT2D eigenvalue weighted by Crippen LogP contribution is -2.43. The molecule has 0 saturated heterocycles. The molecule has 1 fully saturated rings. The average molecular weight is 408 g/mol. The number of ether oxygens (including phenoxy) is 2. The summed E-state index contributed by atoms with van der Waals surface area (Å²) < 4.78 is 11.9. The maximum absolute atomic E-state index is 12.6. The van der Waals surface area contributed by atoms with E-state index in [1.54, 1.807) is 30.0 Å². The first-order valence-corrected chi connectivity index (χ1v) is 11.3. The molecule has 1 aliphatic carbocycles. The van der Waals surface area contributed by atoms with Gasteiger partial charge in [-0.3, -0.25) is 9.59 Å². The molecule has 0 bridgehead atoms. The normalized spacial score (nSPS) is 18.9. The molecule has 2 N–H and O–H groups in total. The number of fused-ring (bicyclic) bond motifs is 1. The van der Waals surface area contributed by atoms with Gasteiger partial charge in [0.05, 0.1) is 24.6 Å². The van der Waals surface area contributed by atoms with Crippen LogP contribution in [0.2, 0.25) is 0 Å². The summed E-state index contributed by atoms with van der Waals surface area (Å²) in [5, 5.41) is 12.1. The maximum Gasteiger partial charge on any atom is 0.258 e. The molecule has 1 spiro atoms. The number of carbonyl (C=O) groups excluding carboxylic acids is 2. The van der Waals surface area contributed by atoms with Gasteiger partial charge in [-0.15, -0.1) is 0 Å². The number of aliphatic hydroxyl groups excluding tert-OH is 1. The Labute approximate surface area is 170 Å². The molecular weight excluding hydrogens is 378 g/mol. The van der Waals surface area contributed by atoms with E-state index < -0.39 is 0 Å². The molecule has 1 aromatic rings. The van der Waals surface area contributed by atoms with Crippen LogP contribution >= 0.6 is 11.8 Å². The first-order valence-electron chi connectivity index (χ1n) is 9.93. The van der Waals surface area contributed by atoms with E-state index in [0.717, 1.165) is 31.4 Å². The summed E-state index contributed by atoms with van der Waals surface area (Å²) in [7, 11) is 0. The lowest BCUT2D eigenvalue weighted by Gasteiger charge is -2.40. The van der Waals surface area contributed by atoms with Crippen LogP contribution < -0.4 is 14.8 Å². The van der Waals surface area contributed by atoms with E-state index in [-0.39, 0.29) is 36.5 Å². The second-order valence-corrected chi connectivity index (χ2v) is 8.61. The summed E-state index contributed by atoms with van der Waals surface area (Å²) in [5.41, 5.74) is 0.217. The van der Waals surface area contributed by atoms with Gasteiger partial charge >= 0.3 is 0 Å². The predicted molar refractivity (Wildman–Crippen MR) is 109 cm³/mol. The highest BCUT2D eigenvalue weighted by molar-refractivity contribution is 7.98. The monoisotopic (exact) mass is 407 g/mol. The fourth-order valence-corrected chi connectivity index (χ4v) is 4.45. The highest BCUT2D eigenvalue weighted by Gasteiger charge is 2.41. The van der Waals surface area contributed by atoms with Crippen LogP contribution in [0.1, 0.15) is 55.3 Å². The Morgan fingerprint density at radius 2 is 2.14 bits per heavy atom. The molecule has 0 aromatic heterocycles. The molecule has 3 rings (SSSR count). The van der Waals surface area contributed by atoms with Crippen molar-refractivity contribution in [2.75, 3.05) is 25.2 Å². The third-order valence-corrected chi connectivity index (χ3v) is 6.10. The van der Waals surface area contributed by atoms with Crippen LogP contribution in [0.4, 0.5) is 0 Å². The van der Waals surface area contributed by atoms with Crippen LogP contribution in [-0.2, 0) is 4.79 Å². The number of ketones is 1. The van der Waals surface area contributed by atoms with Gasteiger partial charge < -0.3 is 19.9 Å². The van der Waals surface area contributed by atoms with E-state index in [2.05, 4.69) is 5.32 Å². The number of benzene rings is 1. The molecule has 1 aromatic carbocycles. The van der Waals surface area contributed by atoms with E-state index in [1.807, 2.05) is 6.26 Å². The SMILES string of the molecule is CSCCC(CO)NC(=O)COc1ccc2c(c1)OC1(CCCCC1)CC2=O. The van der Waals surface area contributed by atoms with E-state index in [1.165, 1.54) is 6.42 Å². The van der Waals surface area contributed by atoms with Crippen LogP contribution in [0.25, 0.3) is 0 Å². The van der Waals surface area contributed by atoms with Crippen molar-refractivity contribution in [3.05, 3.63) is 23.8 Å². The first-order chi connectivity index (χ1) is 13.5. The molecule has 1 atom stereocenters. The highest BCUT2D eigenvalue weighted by Crippen LogP contribution is 2.42. The smallest absolute Gasteiger partial charge is 0.258 e. The Hall–Kier alpha value is -1.73. The van der Waals surface area contributed by atoms with E-state index in [4.69, 9.17) is 9.47 Å². The lowest BCUT2D eigenvalue weighted by atomic mass is 9.78. The van der Waals surface area contributed by atoms with Gasteiger partial charge in [0, 0.05) is 6.07 Å². The van der Waals surface area contributed by atoms with Crippen molar-refractivity contribution in [1.82, 2.24) is 5.32 Å². The van der Waals surface area contributed by atoms with Crippen molar-refractivity contribution in [2.24, 2.45) is 0 Å². The third kappa shape index (κ3) is 5.20. The van der Waals surface area contributed by atoms with Crippen molar-refractivity contribution in [1.29, 1.82) is 0 Å². The standard InChI is InChI=1S/C21H29NO5S/c1-28-10-7-15(13-23)22-20(25)14-26-16-5-6-17-18(24)12-21(27-19(17)11-16)8-3-2-4-9-21/h5-6,11,15,23H,2-4,7-10,12-14H2,1H3,(H,22,25). The summed E-state index contributed by atoms with van der Waals surface area (Å²) in [6.07, 6.45) is 8.31. The number of aliphatic hydroxyl groups is 1. The molecule has 154 valence electrons. The fraction of sp³-hybridized carbons (Fsp3) is 0.619. The number of amides is 1. The highest BCUT2D eigenvalue weighted by atomic mass is 32.2. The summed E-state index contributed by atoms with van der Waals surface area (Å²) in [4.78, 5) is 24.7. The Balaban J connectivity index is 1.60. The van der Waals surface area contributed by atoms with Gasteiger partial charge in [0.25, 0.3) is 5.91 Å². The van der Waals surface area contributed by atoms with Crippen LogP contribution in [0.15, 0.2) is 18.2 Å². The van der Waals surface area contributed by atoms with Gasteiger partial charge in [-0.25, -0.2) is 0 Å². The zero-order chi connectivity index (χ0) is 20.0. The van der Waals surface area contributed by atoms with E-state index in [0.29, 0.717) is 29.9 Å². The van der Waals surface area contributed by atoms with Crippen molar-refractivity contribution < 1.29 is 24.2 Å². The minimum absolute atomic E-state index is 0.0941. The molecule has 1 amide bonds. The minimum atomic E-state index is -0.371. The summed E-state index contributed by atoms with van der Waals surface area (Å²) in [5.74, 6) is 1.76. The largest absolute Gasteiger partial charge is 0.486 e. The van der Waals surface area contributed by atoms with Crippen LogP contribution in [0.5, 0.6) is 11.5 Å². The minimum Gasteiger partial charge on any atom is -0.486 e. The van der Waals surface area contributed by atoms with E-state index in [9.17, 15) is 14.7 Å². The van der Waals surface area contributed by atoms with Crippen molar-refractivity contribution >= 4 is 23.5 Å². The van der Waals surface area contributed by atoms with Crippen LogP contribution in [0, 0.1) is 0 Å². The van der Waals surface area contributed by atoms with Crippen molar-refractivity contribution in [3.8, 4) is 11.5 Å². The number of thioether (sulfide) groups is 1. The number of hydrogen-bond donors (Lipinski definition) is 2. The van der Waals surface area contributed by atoms with Gasteiger partial charge in [-0.05, 0) is 56.2 Å². The molecule has 0 radical (unpaired) electrons. The number of Topliss-reactive ketones (excluding diaryl/α,β-unsaturated/α-hetero) is 1. The first kappa shape index (κ1) is 21.0. The third-order valence-electron chi connectivity index (χ3n) is 5.45. The van der Waals surface area contributed by atoms with Gasteiger partial charge in [0.2, 0.25) is 0 Å². The zero-order valence-corrected chi connectivity index (χ0v) is 17.2. The Bertz CT molecular complexity index is 702. The molecular formula is C21H29NO5S. The second kappa shape index (κ2) is 9.65. The zero-order valence-electron chi connectivity index (χ0n) is 16.4. The molecule has 1 heterocycles. The predicted octanol–water partition coefficient (Wildman–Crippen LogP) is 2.96. The molecule has 2 aliphatic rings. The van der Waals surface area contributed by atoms with Gasteiger partial charge in [0.1, 0.15) is 17.1 Å². The van der Waals surface area contributed by atoms with Crippen molar-refractivity contribution in [2.45, 2.75) is 56.6 Å². The Morgan fingerprint density at radius 1 is 1.36 bits per heavy atom. The molecule has 1 aliphatic heterocycles. The van der Waals surface area contributed by atoms with Crippen LogP contribution in [0.3, 0.4) is 0 Å². The maximum atomic E-state index is 12.6. The van der Waals surface area contributed by atoms with Gasteiger partial charge in [-0.2, -0.15) is 11.8 Å². The molecule has 6 nitrogen and oxygen atoms in total. The van der Waals surface area contributed by atoms with E-state index >= 15 is 0 Å². The Morgan fingerprint density at radius 3 is 2.86 bits per heavy atom. The lowest BCUT2D eigenvalue weighted by molar-refractivity contribution is -0.124. The fourth-order valence-electron chi connectivity index (χ4n) is 3.93. The summed E-state index contributed by atoms with van der Waals surface area (Å²) in [6.45, 7) is -0.239. The van der Waals surface area contributed by atoms with Gasteiger partial charge in [0.15, 0.2) is 12.4 Å². The van der Waals surface area contributed by atoms with Crippen LogP contribution in [-0.4, -0.2) is 53.7 Å². The topological polar surface area (TPSA) is 84.9 Å². The number of carbonyl (C=O) groups is 2. The molecule has 1 saturated carbocycles. The van der Waals surface area contributed by atoms with Gasteiger partial charge in [-0.1, -0.05) is 6.42 Å². The summed E-state index contributed by atoms with van der Waals surface area (Å²) >= 11 is 1.67. The Kier molecular flexibility index (Phi) is 7.24. The quantitative estimate of drug-likeness (QED) is 0.689. The number of nitrogens with one attached hydrogen (secondary N) is 1. The molecule has 7 heteroatoms. The number of hydrogen-bond acceptors (Lipinski definition) is 6. The molecule has 1 unspecified atom stereocenters. The second-order valence-electron chi connectivity index (χ2n) is 7.62. The number of rotatable bonds is 8. The molecule has 28 heavy (non-hydrogen) atoms.